The molecule has 14 nitrogen and oxygen atoms in total. The van der Waals surface area contributed by atoms with Crippen molar-refractivity contribution in [2.24, 2.45) is 5.92 Å². The average molecular weight is 814 g/mol. The molecule has 0 unspecified atom stereocenters. The first-order chi connectivity index (χ1) is 25.8. The number of sulfonamides is 1. The van der Waals surface area contributed by atoms with Crippen molar-refractivity contribution in [1.29, 1.82) is 0 Å². The molecule has 1 aliphatic carbocycles. The summed E-state index contributed by atoms with van der Waals surface area (Å²) in [6.07, 6.45) is 2.91. The molecular formula is C35H36Cl2F2N4O10S. The first-order valence-corrected chi connectivity index (χ1v) is 19.5. The second-order valence-electron chi connectivity index (χ2n) is 13.0. The van der Waals surface area contributed by atoms with Crippen LogP contribution in [0.2, 0.25) is 10.0 Å². The number of nitrogens with one attached hydrogen (secondary N) is 1. The number of esters is 1. The minimum atomic E-state index is -3.79. The number of ketones is 1. The number of benzene rings is 2. The molecule has 0 radical (unpaired) electrons. The van der Waals surface area contributed by atoms with E-state index in [0.717, 1.165) is 43.2 Å². The van der Waals surface area contributed by atoms with Gasteiger partial charge >= 0.3 is 12.6 Å². The third-order valence-electron chi connectivity index (χ3n) is 8.97. The lowest BCUT2D eigenvalue weighted by Gasteiger charge is -2.26. The number of hydrogen-bond donors (Lipinski definition) is 1. The Balaban J connectivity index is 1.19. The Morgan fingerprint density at radius 3 is 2.46 bits per heavy atom. The molecule has 3 aromatic rings. The summed E-state index contributed by atoms with van der Waals surface area (Å²) >= 11 is 12.7. The Morgan fingerprint density at radius 2 is 1.78 bits per heavy atom. The molecule has 3 heterocycles. The molecule has 3 aliphatic rings. The van der Waals surface area contributed by atoms with Gasteiger partial charge in [0.1, 0.15) is 22.7 Å². The number of carbonyl (C=O) groups is 3. The molecular weight excluding hydrogens is 777 g/mol. The van der Waals surface area contributed by atoms with Gasteiger partial charge in [0.05, 0.1) is 36.8 Å². The first-order valence-electron chi connectivity index (χ1n) is 17.0. The number of Topliss-reactive ketones (excluding diaryl/α,β-unsaturated/α-hetero) is 1. The van der Waals surface area contributed by atoms with Crippen molar-refractivity contribution in [2.75, 3.05) is 61.4 Å². The van der Waals surface area contributed by atoms with E-state index in [-0.39, 0.29) is 74.3 Å². The van der Waals surface area contributed by atoms with Crippen LogP contribution in [0.1, 0.15) is 46.9 Å². The molecule has 1 amide bonds. The number of pyridine rings is 1. The number of rotatable bonds is 17. The Labute approximate surface area is 319 Å². The van der Waals surface area contributed by atoms with Crippen molar-refractivity contribution in [3.05, 3.63) is 80.7 Å². The first kappa shape index (κ1) is 39.4. The van der Waals surface area contributed by atoms with Gasteiger partial charge in [-0.25, -0.2) is 8.42 Å². The standard InChI is InChI=1S/C35H36Cl2F2N4O10S/c36-26-17-42(47)18-27(37)24(26)16-30(22-4-7-29(53-35(38)39)31(14-22)51-20-21-2-3-21)52-32(44)19-43-28-6-5-23(15-25(28)33(45)34(43)46)40-54(48,49)13-1-8-41-9-11-50-12-10-41/h4-7,14-15,17-18,21,30,35,40H,1-3,8-13,16,19-20H2/t30-/m0/s1. The predicted octanol–water partition coefficient (Wildman–Crippen LogP) is 4.54. The highest BCUT2D eigenvalue weighted by Crippen LogP contribution is 2.38. The molecule has 0 spiro atoms. The van der Waals surface area contributed by atoms with Crippen LogP contribution in [0.5, 0.6) is 11.5 Å². The molecule has 1 saturated heterocycles. The number of carbonyl (C=O) groups excluding carboxylic acids is 3. The molecule has 1 N–H and O–H groups in total. The largest absolute Gasteiger partial charge is 0.619 e. The van der Waals surface area contributed by atoms with E-state index < -0.39 is 46.9 Å². The summed E-state index contributed by atoms with van der Waals surface area (Å²) in [7, 11) is -3.79. The van der Waals surface area contributed by atoms with Gasteiger partial charge in [-0.1, -0.05) is 29.3 Å². The van der Waals surface area contributed by atoms with E-state index in [2.05, 4.69) is 14.4 Å². The summed E-state index contributed by atoms with van der Waals surface area (Å²) in [4.78, 5) is 42.7. The van der Waals surface area contributed by atoms with Crippen molar-refractivity contribution in [2.45, 2.75) is 38.4 Å². The van der Waals surface area contributed by atoms with Crippen LogP contribution in [0.4, 0.5) is 20.2 Å². The van der Waals surface area contributed by atoms with E-state index in [4.69, 9.17) is 37.4 Å². The molecule has 54 heavy (non-hydrogen) atoms. The topological polar surface area (TPSA) is 168 Å². The van der Waals surface area contributed by atoms with Gasteiger partial charge < -0.3 is 24.2 Å². The Hall–Kier alpha value is -4.29. The lowest BCUT2D eigenvalue weighted by molar-refractivity contribution is -0.605. The molecule has 290 valence electrons. The van der Waals surface area contributed by atoms with Crippen LogP contribution in [0.25, 0.3) is 0 Å². The predicted molar refractivity (Wildman–Crippen MR) is 192 cm³/mol. The Morgan fingerprint density at radius 1 is 1.06 bits per heavy atom. The molecule has 2 aromatic carbocycles. The molecule has 0 bridgehead atoms. The number of amides is 1. The summed E-state index contributed by atoms with van der Waals surface area (Å²) in [6, 6.07) is 7.95. The maximum atomic E-state index is 13.5. The number of aromatic nitrogens is 1. The van der Waals surface area contributed by atoms with Crippen LogP contribution in [0, 0.1) is 11.1 Å². The van der Waals surface area contributed by atoms with Crippen molar-refractivity contribution >= 4 is 62.3 Å². The van der Waals surface area contributed by atoms with Gasteiger partial charge in [0.25, 0.3) is 11.7 Å². The van der Waals surface area contributed by atoms with Crippen molar-refractivity contribution < 1.29 is 55.3 Å². The fourth-order valence-electron chi connectivity index (χ4n) is 6.04. The number of alkyl halides is 2. The van der Waals surface area contributed by atoms with Crippen molar-refractivity contribution in [1.82, 2.24) is 4.90 Å². The van der Waals surface area contributed by atoms with E-state index in [1.807, 2.05) is 0 Å². The number of morpholine rings is 1. The van der Waals surface area contributed by atoms with Crippen LogP contribution >= 0.6 is 23.2 Å². The van der Waals surface area contributed by atoms with Crippen molar-refractivity contribution in [3.63, 3.8) is 0 Å². The van der Waals surface area contributed by atoms with Gasteiger partial charge in [-0.2, -0.15) is 13.5 Å². The van der Waals surface area contributed by atoms with E-state index in [1.54, 1.807) is 0 Å². The molecule has 1 saturated carbocycles. The zero-order valence-electron chi connectivity index (χ0n) is 28.7. The maximum absolute atomic E-state index is 13.5. The third-order valence-corrected chi connectivity index (χ3v) is 11.0. The summed E-state index contributed by atoms with van der Waals surface area (Å²) in [5.41, 5.74) is 0.505. The summed E-state index contributed by atoms with van der Waals surface area (Å²) in [6.45, 7) is -0.417. The molecule has 1 aromatic heterocycles. The highest BCUT2D eigenvalue weighted by Gasteiger charge is 2.38. The van der Waals surface area contributed by atoms with Gasteiger partial charge in [-0.15, -0.1) is 0 Å². The van der Waals surface area contributed by atoms with Gasteiger partial charge in [0.15, 0.2) is 23.9 Å². The molecule has 1 atom stereocenters. The second kappa shape index (κ2) is 17.0. The lowest BCUT2D eigenvalue weighted by atomic mass is 10.0. The highest BCUT2D eigenvalue weighted by atomic mass is 35.5. The van der Waals surface area contributed by atoms with Crippen LogP contribution in [-0.2, 0) is 35.5 Å². The molecule has 19 heteroatoms. The van der Waals surface area contributed by atoms with E-state index in [9.17, 15) is 36.8 Å². The summed E-state index contributed by atoms with van der Waals surface area (Å²) in [5, 5.41) is 11.8. The Kier molecular flexibility index (Phi) is 12.4. The van der Waals surface area contributed by atoms with E-state index in [1.165, 1.54) is 36.4 Å². The summed E-state index contributed by atoms with van der Waals surface area (Å²) in [5.74, 6) is -3.15. The average Bonchev–Trinajstić information content (AvgIpc) is 3.92. The van der Waals surface area contributed by atoms with Crippen LogP contribution in [0.3, 0.4) is 0 Å². The number of halogens is 4. The maximum Gasteiger partial charge on any atom is 0.387 e. The van der Waals surface area contributed by atoms with Crippen LogP contribution < -0.4 is 23.8 Å². The third kappa shape index (κ3) is 10.1. The van der Waals surface area contributed by atoms with Gasteiger partial charge in [-0.05, 0) is 67.6 Å². The fourth-order valence-corrected chi connectivity index (χ4v) is 7.74. The van der Waals surface area contributed by atoms with Gasteiger partial charge in [0, 0.05) is 30.8 Å². The van der Waals surface area contributed by atoms with Gasteiger partial charge in [0.2, 0.25) is 10.0 Å². The minimum absolute atomic E-state index is 0.0267. The summed E-state index contributed by atoms with van der Waals surface area (Å²) < 4.78 is 76.4. The number of fused-ring (bicyclic) bond motifs is 1. The van der Waals surface area contributed by atoms with Gasteiger partial charge in [-0.3, -0.25) is 28.9 Å². The monoisotopic (exact) mass is 812 g/mol. The zero-order chi connectivity index (χ0) is 38.6. The Bertz CT molecular complexity index is 1990. The number of ether oxygens (including phenoxy) is 4. The lowest BCUT2D eigenvalue weighted by Crippen LogP contribution is -2.37. The smallest absolute Gasteiger partial charge is 0.387 e. The quantitative estimate of drug-likeness (QED) is 0.0880. The van der Waals surface area contributed by atoms with Crippen LogP contribution in [-0.4, -0.2) is 89.3 Å². The number of nitrogens with zero attached hydrogens (tertiary/aromatic N) is 3. The SMILES string of the molecule is O=C(CN1C(=O)C(=O)c2cc(NS(=O)(=O)CCCN3CCOCC3)ccc21)O[C@@H](Cc1c(Cl)c[n+]([O-])cc1Cl)c1ccc(OC(F)F)c(OCC2CC2)c1. The van der Waals surface area contributed by atoms with Crippen LogP contribution in [0.15, 0.2) is 48.8 Å². The minimum Gasteiger partial charge on any atom is -0.619 e. The molecule has 2 fully saturated rings. The highest BCUT2D eigenvalue weighted by molar-refractivity contribution is 7.92. The second-order valence-corrected chi connectivity index (χ2v) is 15.7. The van der Waals surface area contributed by atoms with E-state index >= 15 is 0 Å². The zero-order valence-corrected chi connectivity index (χ0v) is 31.0. The molecule has 6 rings (SSSR count). The normalized spacial score (nSPS) is 16.7. The van der Waals surface area contributed by atoms with Crippen molar-refractivity contribution in [3.8, 4) is 11.5 Å². The number of hydrogen-bond acceptors (Lipinski definition) is 11. The fraction of sp³-hybridized carbons (Fsp3) is 0.429. The molecule has 2 aliphatic heterocycles. The number of anilines is 2. The van der Waals surface area contributed by atoms with E-state index in [0.29, 0.717) is 30.9 Å².